The number of para-hydroxylation sites is 2. The van der Waals surface area contributed by atoms with Gasteiger partial charge in [0, 0.05) is 26.9 Å². The Morgan fingerprint density at radius 3 is 1.17 bits per heavy atom. The van der Waals surface area contributed by atoms with Crippen LogP contribution in [0.4, 0.5) is 0 Å². The summed E-state index contributed by atoms with van der Waals surface area (Å²) in [6.07, 6.45) is 10.9. The van der Waals surface area contributed by atoms with Gasteiger partial charge in [-0.2, -0.15) is 0 Å². The van der Waals surface area contributed by atoms with Gasteiger partial charge in [-0.1, -0.05) is 109 Å². The normalized spacial score (nSPS) is 24.7. The van der Waals surface area contributed by atoms with Crippen LogP contribution in [0.5, 0.6) is 11.5 Å². The number of carbonyl (C=O) groups is 4. The monoisotopic (exact) mass is 784 g/mol. The van der Waals surface area contributed by atoms with Crippen molar-refractivity contribution in [1.29, 1.82) is 0 Å². The van der Waals surface area contributed by atoms with Gasteiger partial charge in [0.15, 0.2) is 0 Å². The van der Waals surface area contributed by atoms with Crippen molar-refractivity contribution in [3.8, 4) is 11.5 Å². The molecule has 0 saturated heterocycles. The maximum absolute atomic E-state index is 13.1. The first kappa shape index (κ1) is 43.0. The van der Waals surface area contributed by atoms with Gasteiger partial charge in [0.2, 0.25) is 11.8 Å². The Balaban J connectivity index is 0.000000221. The van der Waals surface area contributed by atoms with Crippen LogP contribution in [0.15, 0.2) is 133 Å². The van der Waals surface area contributed by atoms with Crippen LogP contribution < -0.4 is 20.1 Å². The lowest BCUT2D eigenvalue weighted by atomic mass is 10.0. The zero-order chi connectivity index (χ0) is 41.6. The SMILES string of the molecule is C[C@H]1C/C=C/C[C@@H](c2ccccc2)NC(=O)[C@H](C)N(C)C(=O)c2ccccc2O1.C[C@H]1C/C=C\C[C@@H](c2ccccc2)NC(=O)[C@H](C)N(C)C(=O)c2ccccc2O1. The molecular weight excluding hydrogens is 729 g/mol. The number of hydrogen-bond donors (Lipinski definition) is 2. The molecule has 2 aliphatic heterocycles. The molecule has 4 amide bonds. The summed E-state index contributed by atoms with van der Waals surface area (Å²) < 4.78 is 12.1. The average molecular weight is 785 g/mol. The van der Waals surface area contributed by atoms with Crippen molar-refractivity contribution in [2.45, 2.75) is 89.8 Å². The molecule has 0 radical (unpaired) electrons. The largest absolute Gasteiger partial charge is 0.490 e. The van der Waals surface area contributed by atoms with E-state index in [9.17, 15) is 19.2 Å². The molecule has 2 aliphatic rings. The lowest BCUT2D eigenvalue weighted by Gasteiger charge is -2.28. The van der Waals surface area contributed by atoms with E-state index in [4.69, 9.17) is 9.47 Å². The summed E-state index contributed by atoms with van der Waals surface area (Å²) in [4.78, 5) is 54.9. The molecule has 0 unspecified atom stereocenters. The van der Waals surface area contributed by atoms with E-state index in [1.54, 1.807) is 64.3 Å². The molecular formula is C48H56N4O6. The average Bonchev–Trinajstić information content (AvgIpc) is 3.24. The molecule has 4 aromatic carbocycles. The first-order valence-corrected chi connectivity index (χ1v) is 20.0. The molecule has 58 heavy (non-hydrogen) atoms. The number of rotatable bonds is 2. The highest BCUT2D eigenvalue weighted by atomic mass is 16.5. The molecule has 0 bridgehead atoms. The number of nitrogens with zero attached hydrogens (tertiary/aromatic N) is 2. The number of nitrogens with one attached hydrogen (secondary N) is 2. The summed E-state index contributed by atoms with van der Waals surface area (Å²) in [7, 11) is 3.30. The maximum Gasteiger partial charge on any atom is 0.258 e. The van der Waals surface area contributed by atoms with E-state index in [0.717, 1.165) is 11.1 Å². The molecule has 2 N–H and O–H groups in total. The molecule has 0 aliphatic carbocycles. The molecule has 0 aromatic heterocycles. The third-order valence-corrected chi connectivity index (χ3v) is 10.5. The molecule has 2 heterocycles. The third kappa shape index (κ3) is 11.5. The van der Waals surface area contributed by atoms with Gasteiger partial charge in [0.05, 0.1) is 35.4 Å². The minimum atomic E-state index is -0.619. The Hall–Kier alpha value is -6.16. The highest BCUT2D eigenvalue weighted by Crippen LogP contribution is 2.26. The van der Waals surface area contributed by atoms with E-state index in [1.165, 1.54) is 9.80 Å². The number of carbonyl (C=O) groups excluding carboxylic acids is 4. The molecule has 10 heteroatoms. The summed E-state index contributed by atoms with van der Waals surface area (Å²) in [6.45, 7) is 7.45. The second kappa shape index (κ2) is 20.8. The second-order valence-corrected chi connectivity index (χ2v) is 14.9. The Kier molecular flexibility index (Phi) is 15.4. The van der Waals surface area contributed by atoms with Gasteiger partial charge in [-0.25, -0.2) is 0 Å². The van der Waals surface area contributed by atoms with Crippen LogP contribution in [-0.4, -0.2) is 71.8 Å². The minimum absolute atomic E-state index is 0.0735. The molecule has 304 valence electrons. The number of fused-ring (bicyclic) bond motifs is 2. The van der Waals surface area contributed by atoms with Gasteiger partial charge in [0.25, 0.3) is 11.8 Å². The number of likely N-dealkylation sites (N-methyl/N-ethyl adjacent to an activating group) is 2. The lowest BCUT2D eigenvalue weighted by molar-refractivity contribution is -0.126. The predicted octanol–water partition coefficient (Wildman–Crippen LogP) is 8.24. The van der Waals surface area contributed by atoms with Crippen LogP contribution >= 0.6 is 0 Å². The van der Waals surface area contributed by atoms with Crippen molar-refractivity contribution in [2.24, 2.45) is 0 Å². The summed E-state index contributed by atoms with van der Waals surface area (Å²) in [5, 5.41) is 6.22. The summed E-state index contributed by atoms with van der Waals surface area (Å²) in [5.41, 5.74) is 2.99. The fourth-order valence-electron chi connectivity index (χ4n) is 6.66. The standard InChI is InChI=1S/2C24H28N2O3/c2*1-17-11-7-9-15-21(19-12-5-4-6-13-19)25-23(27)18(2)26(3)24(28)20-14-8-10-16-22(20)29-17/h2*4-10,12-14,16-18,21H,11,15H2,1-3H3,(H,25,27)/b9-7+;9-7-/t2*17-,18-,21-/m00/s1. The van der Waals surface area contributed by atoms with E-state index in [0.29, 0.717) is 48.3 Å². The molecule has 10 nitrogen and oxygen atoms in total. The van der Waals surface area contributed by atoms with Crippen molar-refractivity contribution in [2.75, 3.05) is 14.1 Å². The maximum atomic E-state index is 13.1. The molecule has 0 saturated carbocycles. The Morgan fingerprint density at radius 2 is 0.793 bits per heavy atom. The number of ether oxygens (including phenoxy) is 2. The van der Waals surface area contributed by atoms with Gasteiger partial charge < -0.3 is 29.9 Å². The van der Waals surface area contributed by atoms with Crippen LogP contribution in [0.1, 0.15) is 97.3 Å². The molecule has 4 aromatic rings. The van der Waals surface area contributed by atoms with E-state index < -0.39 is 12.1 Å². The van der Waals surface area contributed by atoms with Crippen molar-refractivity contribution in [1.82, 2.24) is 20.4 Å². The summed E-state index contributed by atoms with van der Waals surface area (Å²) in [6, 6.07) is 32.6. The number of amides is 4. The van der Waals surface area contributed by atoms with Crippen molar-refractivity contribution >= 4 is 23.6 Å². The molecule has 0 fully saturated rings. The van der Waals surface area contributed by atoms with Gasteiger partial charge in [0.1, 0.15) is 23.6 Å². The van der Waals surface area contributed by atoms with Crippen molar-refractivity contribution in [3.63, 3.8) is 0 Å². The van der Waals surface area contributed by atoms with Crippen LogP contribution in [0, 0.1) is 0 Å². The molecule has 6 atom stereocenters. The number of benzene rings is 4. The Labute approximate surface area is 342 Å². The van der Waals surface area contributed by atoms with Crippen LogP contribution in [0.2, 0.25) is 0 Å². The Morgan fingerprint density at radius 1 is 0.466 bits per heavy atom. The summed E-state index contributed by atoms with van der Waals surface area (Å²) in [5.74, 6) is 0.228. The van der Waals surface area contributed by atoms with Gasteiger partial charge in [-0.15, -0.1) is 0 Å². The minimum Gasteiger partial charge on any atom is -0.490 e. The number of hydrogen-bond acceptors (Lipinski definition) is 6. The quantitative estimate of drug-likeness (QED) is 0.198. The first-order chi connectivity index (χ1) is 27.9. The zero-order valence-corrected chi connectivity index (χ0v) is 34.3. The fourth-order valence-corrected chi connectivity index (χ4v) is 6.66. The fraction of sp³-hybridized carbons (Fsp3) is 0.333. The van der Waals surface area contributed by atoms with Crippen LogP contribution in [-0.2, 0) is 9.59 Å². The smallest absolute Gasteiger partial charge is 0.258 e. The van der Waals surface area contributed by atoms with Crippen molar-refractivity contribution < 1.29 is 28.7 Å². The highest BCUT2D eigenvalue weighted by Gasteiger charge is 2.29. The van der Waals surface area contributed by atoms with Gasteiger partial charge >= 0.3 is 0 Å². The van der Waals surface area contributed by atoms with Crippen molar-refractivity contribution in [3.05, 3.63) is 156 Å². The van der Waals surface area contributed by atoms with E-state index in [-0.39, 0.29) is 47.9 Å². The van der Waals surface area contributed by atoms with Gasteiger partial charge in [-0.05, 0) is 75.9 Å². The summed E-state index contributed by atoms with van der Waals surface area (Å²) >= 11 is 0. The van der Waals surface area contributed by atoms with Crippen LogP contribution in [0.3, 0.4) is 0 Å². The Bertz CT molecular complexity index is 1900. The predicted molar refractivity (Wildman–Crippen MR) is 228 cm³/mol. The van der Waals surface area contributed by atoms with E-state index in [2.05, 4.69) is 34.9 Å². The molecule has 6 rings (SSSR count). The highest BCUT2D eigenvalue weighted by molar-refractivity contribution is 6.00. The van der Waals surface area contributed by atoms with E-state index >= 15 is 0 Å². The lowest BCUT2D eigenvalue weighted by Crippen LogP contribution is -2.47. The van der Waals surface area contributed by atoms with E-state index in [1.807, 2.05) is 86.6 Å². The zero-order valence-electron chi connectivity index (χ0n) is 34.3. The van der Waals surface area contributed by atoms with Gasteiger partial charge in [-0.3, -0.25) is 19.2 Å². The van der Waals surface area contributed by atoms with Crippen LogP contribution in [0.25, 0.3) is 0 Å². The molecule has 0 spiro atoms. The topological polar surface area (TPSA) is 117 Å². The second-order valence-electron chi connectivity index (χ2n) is 14.9. The third-order valence-electron chi connectivity index (χ3n) is 10.5. The first-order valence-electron chi connectivity index (χ1n) is 20.0.